The Morgan fingerprint density at radius 3 is 2.65 bits per heavy atom. The first-order valence-electron chi connectivity index (χ1n) is 6.61. The molecule has 0 saturated heterocycles. The van der Waals surface area contributed by atoms with E-state index in [1.165, 1.54) is 37.7 Å². The molecule has 1 fully saturated rings. The molecule has 0 amide bonds. The van der Waals surface area contributed by atoms with Crippen LogP contribution in [0.25, 0.3) is 0 Å². The molecule has 17 heavy (non-hydrogen) atoms. The topological polar surface area (TPSA) is 16.1 Å². The molecular weight excluding hydrogens is 276 g/mol. The van der Waals surface area contributed by atoms with Gasteiger partial charge in [-0.1, -0.05) is 19.3 Å². The predicted octanol–water partition coefficient (Wildman–Crippen LogP) is 4.31. The van der Waals surface area contributed by atoms with Crippen molar-refractivity contribution in [3.63, 3.8) is 0 Å². The van der Waals surface area contributed by atoms with Crippen LogP contribution in [-0.4, -0.2) is 17.6 Å². The summed E-state index contributed by atoms with van der Waals surface area (Å²) in [5, 5.41) is 0. The van der Waals surface area contributed by atoms with Crippen LogP contribution >= 0.6 is 15.9 Å². The van der Waals surface area contributed by atoms with Crippen LogP contribution in [0.4, 0.5) is 5.82 Å². The third kappa shape index (κ3) is 3.01. The van der Waals surface area contributed by atoms with Gasteiger partial charge in [0.05, 0.1) is 0 Å². The Morgan fingerprint density at radius 2 is 2.06 bits per heavy atom. The van der Waals surface area contributed by atoms with E-state index in [4.69, 9.17) is 0 Å². The lowest BCUT2D eigenvalue weighted by Gasteiger charge is -2.34. The van der Waals surface area contributed by atoms with Crippen LogP contribution in [0.1, 0.15) is 44.6 Å². The largest absolute Gasteiger partial charge is 0.354 e. The fraction of sp³-hybridized carbons (Fsp3) is 0.643. The van der Waals surface area contributed by atoms with Crippen molar-refractivity contribution >= 4 is 21.7 Å². The van der Waals surface area contributed by atoms with Gasteiger partial charge in [0.15, 0.2) is 0 Å². The molecule has 0 N–H and O–H groups in total. The normalized spacial score (nSPS) is 17.1. The molecule has 1 aliphatic carbocycles. The number of anilines is 1. The van der Waals surface area contributed by atoms with Crippen molar-refractivity contribution in [1.29, 1.82) is 0 Å². The number of rotatable bonds is 3. The maximum Gasteiger partial charge on any atom is 0.129 e. The number of aromatic nitrogens is 1. The van der Waals surface area contributed by atoms with Crippen LogP contribution in [0.3, 0.4) is 0 Å². The van der Waals surface area contributed by atoms with Crippen molar-refractivity contribution in [3.8, 4) is 0 Å². The minimum absolute atomic E-state index is 0.696. The first-order valence-corrected chi connectivity index (χ1v) is 7.40. The second-order valence-corrected chi connectivity index (χ2v) is 5.72. The van der Waals surface area contributed by atoms with Crippen LogP contribution in [-0.2, 0) is 0 Å². The first kappa shape index (κ1) is 12.9. The van der Waals surface area contributed by atoms with Gasteiger partial charge in [-0.3, -0.25) is 0 Å². The Balaban J connectivity index is 2.18. The summed E-state index contributed by atoms with van der Waals surface area (Å²) in [5.74, 6) is 1.14. The molecule has 1 aromatic heterocycles. The Bertz CT molecular complexity index is 372. The molecule has 0 radical (unpaired) electrons. The minimum Gasteiger partial charge on any atom is -0.354 e. The van der Waals surface area contributed by atoms with Crippen molar-refractivity contribution in [3.05, 3.63) is 22.3 Å². The van der Waals surface area contributed by atoms with E-state index in [0.717, 1.165) is 16.8 Å². The highest BCUT2D eigenvalue weighted by Gasteiger charge is 2.21. The molecule has 1 heterocycles. The van der Waals surface area contributed by atoms with Gasteiger partial charge in [-0.05, 0) is 54.2 Å². The lowest BCUT2D eigenvalue weighted by molar-refractivity contribution is 0.416. The van der Waals surface area contributed by atoms with Gasteiger partial charge in [-0.25, -0.2) is 4.98 Å². The summed E-state index contributed by atoms with van der Waals surface area (Å²) in [6, 6.07) is 2.89. The Kier molecular flexibility index (Phi) is 4.43. The van der Waals surface area contributed by atoms with Gasteiger partial charge in [-0.15, -0.1) is 0 Å². The van der Waals surface area contributed by atoms with Crippen molar-refractivity contribution in [2.75, 3.05) is 11.4 Å². The second-order valence-electron chi connectivity index (χ2n) is 4.87. The summed E-state index contributed by atoms with van der Waals surface area (Å²) in [6.07, 6.45) is 8.72. The van der Waals surface area contributed by atoms with E-state index in [9.17, 15) is 0 Å². The summed E-state index contributed by atoms with van der Waals surface area (Å²) in [6.45, 7) is 5.41. The fourth-order valence-corrected chi connectivity index (χ4v) is 2.90. The Hall–Kier alpha value is -0.570. The maximum atomic E-state index is 4.56. The molecule has 3 heteroatoms. The van der Waals surface area contributed by atoms with Crippen LogP contribution in [0.5, 0.6) is 0 Å². The van der Waals surface area contributed by atoms with Gasteiger partial charge in [0.2, 0.25) is 0 Å². The molecule has 0 bridgehead atoms. The van der Waals surface area contributed by atoms with Crippen molar-refractivity contribution in [2.45, 2.75) is 52.0 Å². The zero-order valence-electron chi connectivity index (χ0n) is 10.7. The lowest BCUT2D eigenvalue weighted by atomic mass is 9.94. The molecule has 0 spiro atoms. The third-order valence-corrected chi connectivity index (χ3v) is 4.51. The van der Waals surface area contributed by atoms with Crippen molar-refractivity contribution < 1.29 is 0 Å². The first-order chi connectivity index (χ1) is 8.22. The highest BCUT2D eigenvalue weighted by molar-refractivity contribution is 9.10. The minimum atomic E-state index is 0.696. The molecule has 2 nitrogen and oxygen atoms in total. The monoisotopic (exact) mass is 296 g/mol. The van der Waals surface area contributed by atoms with Crippen molar-refractivity contribution in [2.24, 2.45) is 0 Å². The molecule has 0 aromatic carbocycles. The van der Waals surface area contributed by atoms with E-state index in [0.29, 0.717) is 6.04 Å². The van der Waals surface area contributed by atoms with Gasteiger partial charge in [0.1, 0.15) is 5.82 Å². The third-order valence-electron chi connectivity index (χ3n) is 3.68. The second kappa shape index (κ2) is 5.85. The van der Waals surface area contributed by atoms with E-state index in [2.05, 4.69) is 45.7 Å². The molecule has 2 rings (SSSR count). The molecular formula is C14H21BrN2. The van der Waals surface area contributed by atoms with Crippen LogP contribution in [0.2, 0.25) is 0 Å². The van der Waals surface area contributed by atoms with Crippen LogP contribution < -0.4 is 4.90 Å². The number of hydrogen-bond donors (Lipinski definition) is 0. The Morgan fingerprint density at radius 1 is 1.35 bits per heavy atom. The zero-order valence-corrected chi connectivity index (χ0v) is 12.3. The summed E-state index contributed by atoms with van der Waals surface area (Å²) < 4.78 is 1.10. The molecule has 1 saturated carbocycles. The van der Waals surface area contributed by atoms with E-state index >= 15 is 0 Å². The standard InChI is InChI=1S/C14H21BrN2/c1-3-17(12-7-5-4-6-8-12)14-9-11(2)13(15)10-16-14/h9-10,12H,3-8H2,1-2H3. The van der Waals surface area contributed by atoms with E-state index in [1.54, 1.807) is 0 Å². The van der Waals surface area contributed by atoms with E-state index < -0.39 is 0 Å². The van der Waals surface area contributed by atoms with Gasteiger partial charge in [-0.2, -0.15) is 0 Å². The number of nitrogens with zero attached hydrogens (tertiary/aromatic N) is 2. The van der Waals surface area contributed by atoms with E-state index in [-0.39, 0.29) is 0 Å². The molecule has 1 aliphatic rings. The smallest absolute Gasteiger partial charge is 0.129 e. The highest BCUT2D eigenvalue weighted by atomic mass is 79.9. The van der Waals surface area contributed by atoms with E-state index in [1.807, 2.05) is 6.20 Å². The molecule has 0 aliphatic heterocycles. The number of pyridine rings is 1. The number of hydrogen-bond acceptors (Lipinski definition) is 2. The van der Waals surface area contributed by atoms with Gasteiger partial charge < -0.3 is 4.90 Å². The maximum absolute atomic E-state index is 4.56. The van der Waals surface area contributed by atoms with Gasteiger partial charge in [0.25, 0.3) is 0 Å². The summed E-state index contributed by atoms with van der Waals surface area (Å²) in [5.41, 5.74) is 1.27. The summed E-state index contributed by atoms with van der Waals surface area (Å²) in [4.78, 5) is 7.04. The van der Waals surface area contributed by atoms with Crippen LogP contribution in [0.15, 0.2) is 16.7 Å². The number of aryl methyl sites for hydroxylation is 1. The Labute approximate surface area is 113 Å². The summed E-state index contributed by atoms with van der Waals surface area (Å²) in [7, 11) is 0. The average Bonchev–Trinajstić information content (AvgIpc) is 2.36. The SMILES string of the molecule is CCN(c1cc(C)c(Br)cn1)C1CCCCC1. The van der Waals surface area contributed by atoms with Crippen molar-refractivity contribution in [1.82, 2.24) is 4.98 Å². The van der Waals surface area contributed by atoms with Gasteiger partial charge >= 0.3 is 0 Å². The predicted molar refractivity (Wildman–Crippen MR) is 76.6 cm³/mol. The molecule has 0 unspecified atom stereocenters. The summed E-state index contributed by atoms with van der Waals surface area (Å²) >= 11 is 3.52. The average molecular weight is 297 g/mol. The zero-order chi connectivity index (χ0) is 12.3. The highest BCUT2D eigenvalue weighted by Crippen LogP contribution is 2.27. The molecule has 1 aromatic rings. The lowest BCUT2D eigenvalue weighted by Crippen LogP contribution is -2.37. The molecule has 94 valence electrons. The van der Waals surface area contributed by atoms with Crippen LogP contribution in [0, 0.1) is 6.92 Å². The quantitative estimate of drug-likeness (QED) is 0.826. The van der Waals surface area contributed by atoms with Gasteiger partial charge in [0, 0.05) is 23.3 Å². The number of halogens is 1. The fourth-order valence-electron chi connectivity index (χ4n) is 2.68. The molecule has 0 atom stereocenters.